The highest BCUT2D eigenvalue weighted by Gasteiger charge is 2.27. The van der Waals surface area contributed by atoms with Crippen LogP contribution in [0.25, 0.3) is 0 Å². The van der Waals surface area contributed by atoms with Crippen LogP contribution in [-0.2, 0) is 14.3 Å². The van der Waals surface area contributed by atoms with Crippen LogP contribution in [0.3, 0.4) is 0 Å². The molecule has 10 heteroatoms. The maximum absolute atomic E-state index is 12.5. The number of benzene rings is 2. The number of alkyl halides is 2. The Labute approximate surface area is 190 Å². The number of anilines is 1. The number of nitrogens with one attached hydrogen (secondary N) is 2. The molecule has 178 valence electrons. The summed E-state index contributed by atoms with van der Waals surface area (Å²) in [6, 6.07) is 10.7. The molecule has 2 aromatic rings. The van der Waals surface area contributed by atoms with E-state index in [1.54, 1.807) is 38.1 Å². The lowest BCUT2D eigenvalue weighted by Crippen LogP contribution is -2.45. The summed E-state index contributed by atoms with van der Waals surface area (Å²) in [7, 11) is 0. The number of ether oxygens (including phenoxy) is 3. The Morgan fingerprint density at radius 2 is 1.55 bits per heavy atom. The van der Waals surface area contributed by atoms with E-state index in [1.165, 1.54) is 24.3 Å². The van der Waals surface area contributed by atoms with Crippen LogP contribution >= 0.6 is 0 Å². The number of hydrogen-bond donors (Lipinski definition) is 2. The molecular weight excluding hydrogens is 438 g/mol. The maximum Gasteiger partial charge on any atom is 0.387 e. The minimum atomic E-state index is -2.95. The summed E-state index contributed by atoms with van der Waals surface area (Å²) < 4.78 is 39.0. The van der Waals surface area contributed by atoms with Crippen LogP contribution in [0.2, 0.25) is 0 Å². The molecule has 2 N–H and O–H groups in total. The van der Waals surface area contributed by atoms with Crippen molar-refractivity contribution in [2.45, 2.75) is 33.4 Å². The first kappa shape index (κ1) is 25.6. The van der Waals surface area contributed by atoms with Crippen molar-refractivity contribution in [3.63, 3.8) is 0 Å². The number of amides is 2. The topological polar surface area (TPSA) is 103 Å². The largest absolute Gasteiger partial charge is 0.494 e. The van der Waals surface area contributed by atoms with Crippen molar-refractivity contribution in [1.29, 1.82) is 0 Å². The van der Waals surface area contributed by atoms with Crippen molar-refractivity contribution < 1.29 is 37.4 Å². The highest BCUT2D eigenvalue weighted by molar-refractivity contribution is 5.97. The molecule has 0 aromatic heterocycles. The lowest BCUT2D eigenvalue weighted by Gasteiger charge is -2.21. The van der Waals surface area contributed by atoms with Crippen LogP contribution in [0.15, 0.2) is 48.5 Å². The molecule has 0 aliphatic rings. The second-order valence-electron chi connectivity index (χ2n) is 7.21. The summed E-state index contributed by atoms with van der Waals surface area (Å²) in [6.07, 6.45) is 0. The molecule has 33 heavy (non-hydrogen) atoms. The first-order valence-electron chi connectivity index (χ1n) is 10.2. The fourth-order valence-corrected chi connectivity index (χ4v) is 2.73. The van der Waals surface area contributed by atoms with E-state index in [2.05, 4.69) is 15.4 Å². The summed E-state index contributed by atoms with van der Waals surface area (Å²) in [4.78, 5) is 37.0. The van der Waals surface area contributed by atoms with Gasteiger partial charge in [0.05, 0.1) is 6.61 Å². The zero-order valence-corrected chi connectivity index (χ0v) is 18.5. The molecule has 1 unspecified atom stereocenters. The zero-order chi connectivity index (χ0) is 24.4. The third kappa shape index (κ3) is 8.40. The van der Waals surface area contributed by atoms with Gasteiger partial charge in [0.2, 0.25) is 0 Å². The van der Waals surface area contributed by atoms with E-state index in [0.717, 1.165) is 0 Å². The lowest BCUT2D eigenvalue weighted by atomic mass is 10.0. The Morgan fingerprint density at radius 1 is 0.939 bits per heavy atom. The van der Waals surface area contributed by atoms with Gasteiger partial charge in [0.15, 0.2) is 6.61 Å². The number of rotatable bonds is 11. The Hall–Kier alpha value is -3.69. The Bertz CT molecular complexity index is 933. The average molecular weight is 464 g/mol. The second kappa shape index (κ2) is 12.4. The van der Waals surface area contributed by atoms with Gasteiger partial charge in [-0.15, -0.1) is 0 Å². The molecule has 0 aliphatic heterocycles. The Kier molecular flexibility index (Phi) is 9.59. The van der Waals surface area contributed by atoms with Gasteiger partial charge in [0, 0.05) is 11.3 Å². The van der Waals surface area contributed by atoms with Gasteiger partial charge in [-0.3, -0.25) is 9.59 Å². The van der Waals surface area contributed by atoms with Crippen LogP contribution in [0.1, 0.15) is 31.1 Å². The molecule has 0 radical (unpaired) electrons. The number of esters is 1. The van der Waals surface area contributed by atoms with Crippen molar-refractivity contribution >= 4 is 23.5 Å². The lowest BCUT2D eigenvalue weighted by molar-refractivity contribution is -0.150. The summed E-state index contributed by atoms with van der Waals surface area (Å²) >= 11 is 0. The summed E-state index contributed by atoms with van der Waals surface area (Å²) in [5, 5.41) is 5.09. The van der Waals surface area contributed by atoms with Gasteiger partial charge in [-0.2, -0.15) is 8.78 Å². The van der Waals surface area contributed by atoms with Gasteiger partial charge in [-0.1, -0.05) is 13.8 Å². The quantitative estimate of drug-likeness (QED) is 0.493. The van der Waals surface area contributed by atoms with Crippen molar-refractivity contribution in [2.75, 3.05) is 18.5 Å². The highest BCUT2D eigenvalue weighted by atomic mass is 19.3. The van der Waals surface area contributed by atoms with Crippen LogP contribution in [0, 0.1) is 5.92 Å². The molecule has 0 bridgehead atoms. The first-order chi connectivity index (χ1) is 15.7. The molecule has 0 heterocycles. The van der Waals surface area contributed by atoms with Crippen LogP contribution < -0.4 is 20.1 Å². The minimum Gasteiger partial charge on any atom is -0.494 e. The highest BCUT2D eigenvalue weighted by Crippen LogP contribution is 2.18. The Morgan fingerprint density at radius 3 is 2.09 bits per heavy atom. The molecule has 1 atom stereocenters. The normalized spacial score (nSPS) is 11.6. The predicted octanol–water partition coefficient (Wildman–Crippen LogP) is 3.62. The van der Waals surface area contributed by atoms with E-state index in [1.807, 2.05) is 6.92 Å². The van der Waals surface area contributed by atoms with Crippen molar-refractivity contribution in [1.82, 2.24) is 5.32 Å². The molecular formula is C23H26F2N2O6. The fraction of sp³-hybridized carbons (Fsp3) is 0.348. The summed E-state index contributed by atoms with van der Waals surface area (Å²) in [5.74, 6) is -1.60. The number of halogens is 2. The van der Waals surface area contributed by atoms with Gasteiger partial charge in [-0.25, -0.2) is 4.79 Å². The molecule has 0 aliphatic carbocycles. The molecule has 0 saturated heterocycles. The van der Waals surface area contributed by atoms with Crippen molar-refractivity contribution in [2.24, 2.45) is 5.92 Å². The van der Waals surface area contributed by atoms with E-state index < -0.39 is 37.0 Å². The number of hydrogen-bond acceptors (Lipinski definition) is 6. The van der Waals surface area contributed by atoms with Gasteiger partial charge in [0.25, 0.3) is 11.8 Å². The SMILES string of the molecule is CCOc1ccc(C(=O)NC(C(=O)OCC(=O)Nc2ccc(OC(F)F)cc2)C(C)C)cc1. The van der Waals surface area contributed by atoms with E-state index in [-0.39, 0.29) is 11.7 Å². The minimum absolute atomic E-state index is 0.0579. The van der Waals surface area contributed by atoms with E-state index in [9.17, 15) is 23.2 Å². The molecule has 0 spiro atoms. The van der Waals surface area contributed by atoms with Gasteiger partial charge < -0.3 is 24.8 Å². The third-order valence-electron chi connectivity index (χ3n) is 4.34. The standard InChI is InChI=1S/C23H26F2N2O6/c1-4-31-17-9-5-15(6-10-17)21(29)27-20(14(2)3)22(30)32-13-19(28)26-16-7-11-18(12-8-16)33-23(24)25/h5-12,14,20,23H,4,13H2,1-3H3,(H,26,28)(H,27,29). The molecule has 2 amide bonds. The maximum atomic E-state index is 12.5. The number of carbonyl (C=O) groups is 3. The van der Waals surface area contributed by atoms with Gasteiger partial charge >= 0.3 is 12.6 Å². The summed E-state index contributed by atoms with van der Waals surface area (Å²) in [6.45, 7) is 2.27. The first-order valence-corrected chi connectivity index (χ1v) is 10.2. The van der Waals surface area contributed by atoms with E-state index in [4.69, 9.17) is 9.47 Å². The smallest absolute Gasteiger partial charge is 0.387 e. The molecule has 2 rings (SSSR count). The monoisotopic (exact) mass is 464 g/mol. The third-order valence-corrected chi connectivity index (χ3v) is 4.34. The predicted molar refractivity (Wildman–Crippen MR) is 116 cm³/mol. The summed E-state index contributed by atoms with van der Waals surface area (Å²) in [5.41, 5.74) is 0.649. The van der Waals surface area contributed by atoms with Crippen LogP contribution in [0.5, 0.6) is 11.5 Å². The molecule has 2 aromatic carbocycles. The van der Waals surface area contributed by atoms with Crippen LogP contribution in [0.4, 0.5) is 14.5 Å². The van der Waals surface area contributed by atoms with Crippen molar-refractivity contribution in [3.8, 4) is 11.5 Å². The van der Waals surface area contributed by atoms with E-state index in [0.29, 0.717) is 23.6 Å². The van der Waals surface area contributed by atoms with E-state index >= 15 is 0 Å². The average Bonchev–Trinajstić information content (AvgIpc) is 2.77. The number of carbonyl (C=O) groups excluding carboxylic acids is 3. The molecule has 0 fully saturated rings. The second-order valence-corrected chi connectivity index (χ2v) is 7.21. The zero-order valence-electron chi connectivity index (χ0n) is 18.5. The van der Waals surface area contributed by atoms with Crippen LogP contribution in [-0.4, -0.2) is 43.7 Å². The van der Waals surface area contributed by atoms with Gasteiger partial charge in [-0.05, 0) is 61.4 Å². The van der Waals surface area contributed by atoms with Gasteiger partial charge in [0.1, 0.15) is 17.5 Å². The molecule has 0 saturated carbocycles. The fourth-order valence-electron chi connectivity index (χ4n) is 2.73. The molecule has 8 nitrogen and oxygen atoms in total. The van der Waals surface area contributed by atoms with Crippen molar-refractivity contribution in [3.05, 3.63) is 54.1 Å². The Balaban J connectivity index is 1.88.